The Hall–Kier alpha value is -1.71. The minimum atomic E-state index is -0.271. The second kappa shape index (κ2) is 3.35. The first-order valence-electron chi connectivity index (χ1n) is 3.74. The second-order valence-corrected chi connectivity index (χ2v) is 2.84. The highest BCUT2D eigenvalue weighted by Crippen LogP contribution is 2.32. The highest BCUT2D eigenvalue weighted by molar-refractivity contribution is 5.80. The van der Waals surface area contributed by atoms with Gasteiger partial charge < -0.3 is 15.3 Å². The van der Waals surface area contributed by atoms with Crippen LogP contribution in [0.2, 0.25) is 0 Å². The molecular weight excluding hydrogens is 172 g/mol. The number of phenols is 3. The molecule has 0 spiro atoms. The molecule has 1 rings (SSSR count). The molecule has 0 radical (unpaired) electrons. The monoisotopic (exact) mass is 182 g/mol. The fourth-order valence-electron chi connectivity index (χ4n) is 1.06. The van der Waals surface area contributed by atoms with Crippen LogP contribution in [0.25, 0.3) is 0 Å². The SMILES string of the molecule is CC(=O)Cc1c(O)cc(O)cc1O. The third-order valence-electron chi connectivity index (χ3n) is 1.61. The van der Waals surface area contributed by atoms with Crippen molar-refractivity contribution in [3.8, 4) is 17.2 Å². The lowest BCUT2D eigenvalue weighted by molar-refractivity contribution is -0.116. The van der Waals surface area contributed by atoms with Crippen LogP contribution in [0.3, 0.4) is 0 Å². The molecule has 4 heteroatoms. The first kappa shape index (κ1) is 9.38. The molecule has 0 fully saturated rings. The van der Waals surface area contributed by atoms with Gasteiger partial charge in [-0.2, -0.15) is 0 Å². The minimum Gasteiger partial charge on any atom is -0.508 e. The molecule has 0 aliphatic rings. The van der Waals surface area contributed by atoms with Gasteiger partial charge in [-0.3, -0.25) is 4.79 Å². The predicted molar refractivity (Wildman–Crippen MR) is 45.8 cm³/mol. The van der Waals surface area contributed by atoms with Crippen molar-refractivity contribution in [1.82, 2.24) is 0 Å². The summed E-state index contributed by atoms with van der Waals surface area (Å²) in [5.74, 6) is -0.945. The lowest BCUT2D eigenvalue weighted by atomic mass is 10.1. The number of benzene rings is 1. The van der Waals surface area contributed by atoms with Gasteiger partial charge in [-0.1, -0.05) is 0 Å². The summed E-state index contributed by atoms with van der Waals surface area (Å²) < 4.78 is 0. The first-order valence-corrected chi connectivity index (χ1v) is 3.74. The van der Waals surface area contributed by atoms with E-state index in [1.54, 1.807) is 0 Å². The van der Waals surface area contributed by atoms with Crippen LogP contribution in [0, 0.1) is 0 Å². The maximum absolute atomic E-state index is 10.7. The van der Waals surface area contributed by atoms with E-state index in [0.717, 1.165) is 12.1 Å². The molecule has 0 bridgehead atoms. The van der Waals surface area contributed by atoms with E-state index < -0.39 is 0 Å². The zero-order valence-electron chi connectivity index (χ0n) is 7.11. The molecule has 1 aromatic rings. The van der Waals surface area contributed by atoms with Gasteiger partial charge in [0.15, 0.2) is 0 Å². The number of hydrogen-bond donors (Lipinski definition) is 3. The lowest BCUT2D eigenvalue weighted by Gasteiger charge is -2.05. The van der Waals surface area contributed by atoms with Crippen molar-refractivity contribution < 1.29 is 20.1 Å². The Morgan fingerprint density at radius 2 is 1.69 bits per heavy atom. The number of Topliss-reactive ketones (excluding diaryl/α,β-unsaturated/α-hetero) is 1. The number of aromatic hydroxyl groups is 3. The maximum Gasteiger partial charge on any atom is 0.134 e. The van der Waals surface area contributed by atoms with Gasteiger partial charge in [0.05, 0.1) is 0 Å². The molecule has 1 aromatic carbocycles. The van der Waals surface area contributed by atoms with Gasteiger partial charge in [0.1, 0.15) is 23.0 Å². The summed E-state index contributed by atoms with van der Waals surface area (Å²) in [5.41, 5.74) is 0.144. The summed E-state index contributed by atoms with van der Waals surface area (Å²) in [6.07, 6.45) is -0.0437. The van der Waals surface area contributed by atoms with E-state index >= 15 is 0 Å². The molecule has 13 heavy (non-hydrogen) atoms. The van der Waals surface area contributed by atoms with Gasteiger partial charge in [-0.15, -0.1) is 0 Å². The second-order valence-electron chi connectivity index (χ2n) is 2.84. The highest BCUT2D eigenvalue weighted by Gasteiger charge is 2.10. The van der Waals surface area contributed by atoms with Crippen LogP contribution in [0.4, 0.5) is 0 Å². The molecule has 0 saturated carbocycles. The van der Waals surface area contributed by atoms with Crippen LogP contribution in [-0.2, 0) is 11.2 Å². The van der Waals surface area contributed by atoms with Crippen molar-refractivity contribution in [2.45, 2.75) is 13.3 Å². The van der Waals surface area contributed by atoms with Gasteiger partial charge in [-0.05, 0) is 6.92 Å². The fraction of sp³-hybridized carbons (Fsp3) is 0.222. The van der Waals surface area contributed by atoms with E-state index in [9.17, 15) is 15.0 Å². The quantitative estimate of drug-likeness (QED) is 0.636. The largest absolute Gasteiger partial charge is 0.508 e. The third-order valence-corrected chi connectivity index (χ3v) is 1.61. The molecule has 4 nitrogen and oxygen atoms in total. The van der Waals surface area contributed by atoms with Crippen molar-refractivity contribution in [2.24, 2.45) is 0 Å². The van der Waals surface area contributed by atoms with Crippen molar-refractivity contribution in [3.05, 3.63) is 17.7 Å². The predicted octanol–water partition coefficient (Wildman–Crippen LogP) is 0.935. The van der Waals surface area contributed by atoms with E-state index in [1.807, 2.05) is 0 Å². The number of ketones is 1. The Kier molecular flexibility index (Phi) is 2.41. The number of rotatable bonds is 2. The smallest absolute Gasteiger partial charge is 0.134 e. The zero-order valence-corrected chi connectivity index (χ0v) is 7.11. The Morgan fingerprint density at radius 1 is 1.23 bits per heavy atom. The molecule has 0 aromatic heterocycles. The summed E-state index contributed by atoms with van der Waals surface area (Å²) >= 11 is 0. The summed E-state index contributed by atoms with van der Waals surface area (Å²) in [6, 6.07) is 2.16. The van der Waals surface area contributed by atoms with Gasteiger partial charge >= 0.3 is 0 Å². The number of phenolic OH excluding ortho intramolecular Hbond substituents is 3. The van der Waals surface area contributed by atoms with E-state index in [0.29, 0.717) is 0 Å². The Morgan fingerprint density at radius 3 is 2.08 bits per heavy atom. The molecular formula is C9H10O4. The van der Waals surface area contributed by atoms with E-state index in [-0.39, 0.29) is 35.0 Å². The molecule has 70 valence electrons. The summed E-state index contributed by atoms with van der Waals surface area (Å²) in [7, 11) is 0. The molecule has 0 atom stereocenters. The molecule has 0 unspecified atom stereocenters. The van der Waals surface area contributed by atoms with Crippen LogP contribution in [0.1, 0.15) is 12.5 Å². The van der Waals surface area contributed by atoms with Crippen molar-refractivity contribution in [2.75, 3.05) is 0 Å². The molecule has 0 amide bonds. The number of carbonyl (C=O) groups is 1. The normalized spacial score (nSPS) is 9.92. The average Bonchev–Trinajstić information content (AvgIpc) is 1.96. The van der Waals surface area contributed by atoms with Crippen LogP contribution in [0.15, 0.2) is 12.1 Å². The first-order chi connectivity index (χ1) is 6.00. The van der Waals surface area contributed by atoms with Crippen molar-refractivity contribution in [1.29, 1.82) is 0 Å². The minimum absolute atomic E-state index is 0.0437. The number of hydrogen-bond acceptors (Lipinski definition) is 4. The summed E-state index contributed by atoms with van der Waals surface area (Å²) in [4.78, 5) is 10.7. The van der Waals surface area contributed by atoms with Crippen LogP contribution >= 0.6 is 0 Å². The van der Waals surface area contributed by atoms with Crippen LogP contribution in [-0.4, -0.2) is 21.1 Å². The Bertz CT molecular complexity index is 320. The Labute approximate surface area is 75.1 Å². The summed E-state index contributed by atoms with van der Waals surface area (Å²) in [6.45, 7) is 1.35. The topological polar surface area (TPSA) is 77.8 Å². The fourth-order valence-corrected chi connectivity index (χ4v) is 1.06. The van der Waals surface area contributed by atoms with Crippen LogP contribution in [0.5, 0.6) is 17.2 Å². The zero-order chi connectivity index (χ0) is 10.0. The van der Waals surface area contributed by atoms with E-state index in [4.69, 9.17) is 5.11 Å². The van der Waals surface area contributed by atoms with Crippen LogP contribution < -0.4 is 0 Å². The van der Waals surface area contributed by atoms with Gasteiger partial charge in [0.2, 0.25) is 0 Å². The number of carbonyl (C=O) groups excluding carboxylic acids is 1. The Balaban J connectivity index is 3.13. The highest BCUT2D eigenvalue weighted by atomic mass is 16.3. The molecule has 0 aliphatic heterocycles. The van der Waals surface area contributed by atoms with Gasteiger partial charge in [-0.25, -0.2) is 0 Å². The summed E-state index contributed by atoms with van der Waals surface area (Å²) in [5, 5.41) is 27.4. The van der Waals surface area contributed by atoms with Crippen molar-refractivity contribution in [3.63, 3.8) is 0 Å². The molecule has 0 aliphatic carbocycles. The third kappa shape index (κ3) is 2.11. The average molecular weight is 182 g/mol. The lowest BCUT2D eigenvalue weighted by Crippen LogP contribution is -1.96. The van der Waals surface area contributed by atoms with E-state index in [1.165, 1.54) is 6.92 Å². The van der Waals surface area contributed by atoms with E-state index in [2.05, 4.69) is 0 Å². The maximum atomic E-state index is 10.7. The molecule has 0 saturated heterocycles. The standard InChI is InChI=1S/C9H10O4/c1-5(10)2-7-8(12)3-6(11)4-9(7)13/h3-4,11-13H,2H2,1H3. The molecule has 3 N–H and O–H groups in total. The van der Waals surface area contributed by atoms with Gasteiger partial charge in [0, 0.05) is 24.1 Å². The van der Waals surface area contributed by atoms with Crippen molar-refractivity contribution >= 4 is 5.78 Å². The molecule has 0 heterocycles. The van der Waals surface area contributed by atoms with Gasteiger partial charge in [0.25, 0.3) is 0 Å².